The maximum absolute atomic E-state index is 4.88. The van der Waals surface area contributed by atoms with E-state index >= 15 is 0 Å². The highest BCUT2D eigenvalue weighted by atomic mass is 16.4. The minimum atomic E-state index is 0.255. The van der Waals surface area contributed by atoms with Crippen molar-refractivity contribution in [3.05, 3.63) is 12.5 Å². The van der Waals surface area contributed by atoms with Gasteiger partial charge in [-0.25, -0.2) is 0 Å². The normalized spacial score (nSPS) is 6.40. The van der Waals surface area contributed by atoms with Crippen LogP contribution in [-0.2, 0) is 4.65 Å². The van der Waals surface area contributed by atoms with Gasteiger partial charge in [0.2, 0.25) is 0 Å². The van der Waals surface area contributed by atoms with Gasteiger partial charge >= 0.3 is 8.05 Å². The van der Waals surface area contributed by atoms with Gasteiger partial charge in [-0.15, -0.1) is 0 Å². The molecule has 0 atom stereocenters. The molecule has 0 aromatic rings. The monoisotopic (exact) mass is 71.1 g/mol. The lowest BCUT2D eigenvalue weighted by molar-refractivity contribution is 0.467. The van der Waals surface area contributed by atoms with Crippen LogP contribution in [0.25, 0.3) is 0 Å². The van der Waals surface area contributed by atoms with E-state index < -0.39 is 0 Å². The molecule has 0 radical (unpaired) electrons. The molecule has 0 unspecified atom stereocenters. The van der Waals surface area contributed by atoms with Gasteiger partial charge in [0.1, 0.15) is 0 Å². The van der Waals surface area contributed by atoms with Crippen molar-refractivity contribution < 1.29 is 4.65 Å². The highest BCUT2D eigenvalue weighted by Gasteiger charge is 1.65. The van der Waals surface area contributed by atoms with Gasteiger partial charge in [0.05, 0.1) is 0 Å². The molecule has 0 aromatic heterocycles. The van der Waals surface area contributed by atoms with E-state index in [1.807, 2.05) is 0 Å². The molecule has 0 spiro atoms. The first-order chi connectivity index (χ1) is 2.27. The Labute approximate surface area is 32.1 Å². The lowest BCUT2D eigenvalue weighted by Gasteiger charge is -1.89. The Bertz CT molecular complexity index is 44.9. The molecule has 0 aliphatic heterocycles. The van der Waals surface area contributed by atoms with Gasteiger partial charge in [-0.1, -0.05) is 0 Å². The van der Waals surface area contributed by atoms with Gasteiger partial charge in [-0.05, 0) is 6.58 Å². The Morgan fingerprint density at radius 3 is 2.20 bits per heavy atom. The summed E-state index contributed by atoms with van der Waals surface area (Å²) in [6.45, 7) is 3.23. The van der Waals surface area contributed by atoms with E-state index in [-0.39, 0.29) is 5.88 Å². The highest BCUT2D eigenvalue weighted by molar-refractivity contribution is 5.98. The number of hydrogen-bond donors (Lipinski definition) is 1. The molecular weight excluding hydrogens is 64.8 g/mol. The summed E-state index contributed by atoms with van der Waals surface area (Å²) in [5, 5.41) is 0. The Balaban J connectivity index is 2.85. The van der Waals surface area contributed by atoms with Crippen molar-refractivity contribution in [2.75, 3.05) is 0 Å². The van der Waals surface area contributed by atoms with Crippen LogP contribution in [0.15, 0.2) is 12.5 Å². The van der Waals surface area contributed by atoms with Crippen LogP contribution in [0.1, 0.15) is 0 Å². The summed E-state index contributed by atoms with van der Waals surface area (Å²) in [6.07, 6.45) is 0. The van der Waals surface area contributed by atoms with Crippen molar-refractivity contribution in [2.24, 2.45) is 5.73 Å². The van der Waals surface area contributed by atoms with Crippen molar-refractivity contribution in [3.8, 4) is 0 Å². The molecule has 28 valence electrons. The van der Waals surface area contributed by atoms with Crippen LogP contribution < -0.4 is 5.73 Å². The maximum Gasteiger partial charge on any atom is 0.324 e. The zero-order valence-corrected chi connectivity index (χ0v) is 3.19. The molecule has 0 aliphatic carbocycles. The Hall–Kier alpha value is -0.595. The lowest BCUT2D eigenvalue weighted by atomic mass is 10.6. The topological polar surface area (TPSA) is 35.2 Å². The lowest BCUT2D eigenvalue weighted by Crippen LogP contribution is -1.95. The number of nitrogens with two attached hydrogens (primary N) is 1. The predicted molar refractivity (Wildman–Crippen MR) is 23.0 cm³/mol. The maximum atomic E-state index is 4.88. The smallest absolute Gasteiger partial charge is 0.324 e. The minimum Gasteiger partial charge on any atom is -0.557 e. The summed E-state index contributed by atoms with van der Waals surface area (Å²) in [5.74, 6) is 0.255. The van der Waals surface area contributed by atoms with E-state index in [9.17, 15) is 0 Å². The van der Waals surface area contributed by atoms with E-state index in [0.29, 0.717) is 0 Å². The third-order valence-corrected chi connectivity index (χ3v) is 0.262. The molecule has 0 saturated heterocycles. The summed E-state index contributed by atoms with van der Waals surface area (Å²) in [7, 11) is 1.47. The second-order valence-electron chi connectivity index (χ2n) is 0.670. The fraction of sp³-hybridized carbons (Fsp3) is 0. The number of rotatable bonds is 1. The van der Waals surface area contributed by atoms with Crippen LogP contribution in [0.3, 0.4) is 0 Å². The molecule has 0 aliphatic rings. The standard InChI is InChI=1S/C2H6BNO/c1-2(4)5-3/h1,3-4H2. The quantitative estimate of drug-likeness (QED) is 0.317. The summed E-state index contributed by atoms with van der Waals surface area (Å²) >= 11 is 0. The van der Waals surface area contributed by atoms with E-state index in [4.69, 9.17) is 5.73 Å². The molecule has 0 saturated carbocycles. The second-order valence-corrected chi connectivity index (χ2v) is 0.670. The largest absolute Gasteiger partial charge is 0.557 e. The van der Waals surface area contributed by atoms with Crippen molar-refractivity contribution in [3.63, 3.8) is 0 Å². The second kappa shape index (κ2) is 1.70. The van der Waals surface area contributed by atoms with Crippen molar-refractivity contribution in [1.29, 1.82) is 0 Å². The average molecular weight is 70.9 g/mol. The fourth-order valence-electron chi connectivity index (χ4n) is 0. The highest BCUT2D eigenvalue weighted by Crippen LogP contribution is 1.67. The van der Waals surface area contributed by atoms with Crippen LogP contribution in [0, 0.1) is 0 Å². The van der Waals surface area contributed by atoms with Gasteiger partial charge < -0.3 is 10.4 Å². The van der Waals surface area contributed by atoms with Crippen LogP contribution in [-0.4, -0.2) is 8.05 Å². The van der Waals surface area contributed by atoms with Crippen molar-refractivity contribution in [1.82, 2.24) is 0 Å². The van der Waals surface area contributed by atoms with E-state index in [0.717, 1.165) is 0 Å². The third kappa shape index (κ3) is 3.40. The average Bonchev–Trinajstić information content (AvgIpc) is 1.38. The first-order valence-corrected chi connectivity index (χ1v) is 1.25. The predicted octanol–water partition coefficient (Wildman–Crippen LogP) is -1.02. The molecule has 2 nitrogen and oxygen atoms in total. The van der Waals surface area contributed by atoms with Crippen molar-refractivity contribution >= 4 is 8.05 Å². The molecule has 0 fully saturated rings. The first kappa shape index (κ1) is 4.40. The third-order valence-electron chi connectivity index (χ3n) is 0.262. The molecule has 0 amide bonds. The molecule has 2 N–H and O–H groups in total. The Kier molecular flexibility index (Phi) is 1.50. The summed E-state index contributed by atoms with van der Waals surface area (Å²) in [6, 6.07) is 0. The molecule has 0 rings (SSSR count). The fourth-order valence-corrected chi connectivity index (χ4v) is 0. The van der Waals surface area contributed by atoms with Gasteiger partial charge in [0.25, 0.3) is 0 Å². The van der Waals surface area contributed by atoms with E-state index in [1.54, 1.807) is 0 Å². The molecule has 0 aromatic carbocycles. The zero-order valence-electron chi connectivity index (χ0n) is 3.19. The molecule has 5 heavy (non-hydrogen) atoms. The van der Waals surface area contributed by atoms with Gasteiger partial charge in [-0.2, -0.15) is 0 Å². The summed E-state index contributed by atoms with van der Waals surface area (Å²) in [4.78, 5) is 0. The molecule has 0 bridgehead atoms. The van der Waals surface area contributed by atoms with Crippen molar-refractivity contribution in [2.45, 2.75) is 0 Å². The zero-order chi connectivity index (χ0) is 4.28. The SMILES string of the molecule is BOC(=C)N. The Morgan fingerprint density at radius 2 is 2.20 bits per heavy atom. The van der Waals surface area contributed by atoms with Gasteiger partial charge in [0.15, 0.2) is 5.88 Å². The Morgan fingerprint density at radius 1 is 2.00 bits per heavy atom. The summed E-state index contributed by atoms with van der Waals surface area (Å²) < 4.78 is 4.33. The molecular formula is C2H6BNO. The molecule has 0 heterocycles. The van der Waals surface area contributed by atoms with Gasteiger partial charge in [-0.3, -0.25) is 0 Å². The van der Waals surface area contributed by atoms with Crippen LogP contribution in [0.5, 0.6) is 0 Å². The molecule has 3 heteroatoms. The van der Waals surface area contributed by atoms with E-state index in [2.05, 4.69) is 11.2 Å². The minimum absolute atomic E-state index is 0.255. The summed E-state index contributed by atoms with van der Waals surface area (Å²) in [5.41, 5.74) is 4.88. The van der Waals surface area contributed by atoms with E-state index in [1.165, 1.54) is 8.05 Å². The number of hydrogen-bond acceptors (Lipinski definition) is 2. The van der Waals surface area contributed by atoms with Gasteiger partial charge in [0, 0.05) is 0 Å². The van der Waals surface area contributed by atoms with Crippen LogP contribution in [0.4, 0.5) is 0 Å². The van der Waals surface area contributed by atoms with Crippen LogP contribution in [0.2, 0.25) is 0 Å². The van der Waals surface area contributed by atoms with Crippen LogP contribution >= 0.6 is 0 Å². The first-order valence-electron chi connectivity index (χ1n) is 1.25.